The molecular formula is C24H23N7O2. The third-order valence-electron chi connectivity index (χ3n) is 6.03. The fourth-order valence-electron chi connectivity index (χ4n) is 4.08. The number of fused-ring (bicyclic) bond motifs is 2. The van der Waals surface area contributed by atoms with E-state index in [0.29, 0.717) is 24.6 Å². The molecule has 33 heavy (non-hydrogen) atoms. The minimum atomic E-state index is -0.200. The zero-order chi connectivity index (χ0) is 22.4. The van der Waals surface area contributed by atoms with E-state index in [1.165, 1.54) is 18.4 Å². The van der Waals surface area contributed by atoms with Crippen LogP contribution >= 0.6 is 0 Å². The fourth-order valence-corrected chi connectivity index (χ4v) is 4.08. The molecule has 9 nitrogen and oxygen atoms in total. The van der Waals surface area contributed by atoms with Gasteiger partial charge in [-0.1, -0.05) is 6.07 Å². The Kier molecular flexibility index (Phi) is 4.60. The SMILES string of the molecule is COc1ccn2cnc(CNC(=O)c3cnn(Cc4cn5cc(C6CC6)ccc5n4)c3)c2c1. The predicted octanol–water partition coefficient (Wildman–Crippen LogP) is 3.04. The van der Waals surface area contributed by atoms with Gasteiger partial charge in [-0.2, -0.15) is 5.10 Å². The summed E-state index contributed by atoms with van der Waals surface area (Å²) in [6.45, 7) is 0.808. The van der Waals surface area contributed by atoms with Gasteiger partial charge in [0.05, 0.1) is 55.2 Å². The van der Waals surface area contributed by atoms with E-state index in [-0.39, 0.29) is 5.91 Å². The van der Waals surface area contributed by atoms with Crippen molar-refractivity contribution in [2.75, 3.05) is 7.11 Å². The number of carbonyl (C=O) groups is 1. The van der Waals surface area contributed by atoms with Crippen LogP contribution in [0.5, 0.6) is 5.75 Å². The summed E-state index contributed by atoms with van der Waals surface area (Å²) in [6.07, 6.45) is 13.7. The lowest BCUT2D eigenvalue weighted by Gasteiger charge is -2.04. The number of nitrogens with zero attached hydrogens (tertiary/aromatic N) is 6. The van der Waals surface area contributed by atoms with Crippen molar-refractivity contribution >= 4 is 17.1 Å². The second-order valence-electron chi connectivity index (χ2n) is 8.39. The maximum absolute atomic E-state index is 12.7. The molecule has 0 spiro atoms. The molecule has 0 bridgehead atoms. The van der Waals surface area contributed by atoms with Gasteiger partial charge < -0.3 is 18.9 Å². The molecule has 0 aromatic carbocycles. The Bertz CT molecular complexity index is 1470. The monoisotopic (exact) mass is 441 g/mol. The molecule has 5 aromatic rings. The second-order valence-corrected chi connectivity index (χ2v) is 8.39. The minimum absolute atomic E-state index is 0.200. The van der Waals surface area contributed by atoms with E-state index in [9.17, 15) is 4.79 Å². The highest BCUT2D eigenvalue weighted by atomic mass is 16.5. The van der Waals surface area contributed by atoms with Crippen molar-refractivity contribution < 1.29 is 9.53 Å². The number of ether oxygens (including phenoxy) is 1. The largest absolute Gasteiger partial charge is 0.497 e. The summed E-state index contributed by atoms with van der Waals surface area (Å²) < 4.78 is 11.0. The Morgan fingerprint density at radius 3 is 2.94 bits per heavy atom. The quantitative estimate of drug-likeness (QED) is 0.419. The molecule has 0 unspecified atom stereocenters. The number of aromatic nitrogens is 6. The first-order valence-corrected chi connectivity index (χ1v) is 10.9. The van der Waals surface area contributed by atoms with E-state index in [2.05, 4.69) is 43.1 Å². The highest BCUT2D eigenvalue weighted by molar-refractivity contribution is 5.93. The van der Waals surface area contributed by atoms with Gasteiger partial charge in [0.15, 0.2) is 0 Å². The molecule has 6 rings (SSSR count). The van der Waals surface area contributed by atoms with Gasteiger partial charge in [-0.05, 0) is 36.5 Å². The molecular weight excluding hydrogens is 418 g/mol. The number of imidazole rings is 2. The Morgan fingerprint density at radius 2 is 2.09 bits per heavy atom. The van der Waals surface area contributed by atoms with Crippen LogP contribution in [-0.2, 0) is 13.1 Å². The molecule has 1 N–H and O–H groups in total. The van der Waals surface area contributed by atoms with Crippen LogP contribution in [0.3, 0.4) is 0 Å². The van der Waals surface area contributed by atoms with Crippen molar-refractivity contribution in [2.24, 2.45) is 0 Å². The van der Waals surface area contributed by atoms with Crippen molar-refractivity contribution in [3.63, 3.8) is 0 Å². The molecule has 0 saturated heterocycles. The van der Waals surface area contributed by atoms with Crippen molar-refractivity contribution in [2.45, 2.75) is 31.8 Å². The topological polar surface area (TPSA) is 90.8 Å². The zero-order valence-corrected chi connectivity index (χ0v) is 18.2. The summed E-state index contributed by atoms with van der Waals surface area (Å²) in [7, 11) is 1.62. The van der Waals surface area contributed by atoms with Crippen LogP contribution in [0, 0.1) is 0 Å². The van der Waals surface area contributed by atoms with E-state index in [1.807, 2.05) is 28.9 Å². The van der Waals surface area contributed by atoms with E-state index >= 15 is 0 Å². The van der Waals surface area contributed by atoms with Gasteiger partial charge in [0.2, 0.25) is 0 Å². The number of rotatable bonds is 7. The zero-order valence-electron chi connectivity index (χ0n) is 18.2. The van der Waals surface area contributed by atoms with Gasteiger partial charge >= 0.3 is 0 Å². The van der Waals surface area contributed by atoms with Crippen LogP contribution in [0.2, 0.25) is 0 Å². The molecule has 0 atom stereocenters. The Morgan fingerprint density at radius 1 is 1.18 bits per heavy atom. The third kappa shape index (κ3) is 3.82. The van der Waals surface area contributed by atoms with E-state index < -0.39 is 0 Å². The Labute approximate surface area is 189 Å². The van der Waals surface area contributed by atoms with Gasteiger partial charge in [-0.3, -0.25) is 9.48 Å². The third-order valence-corrected chi connectivity index (χ3v) is 6.03. The fraction of sp³-hybridized carbons (Fsp3) is 0.250. The Hall–Kier alpha value is -4.14. The van der Waals surface area contributed by atoms with Gasteiger partial charge in [-0.15, -0.1) is 0 Å². The van der Waals surface area contributed by atoms with Gasteiger partial charge in [0.25, 0.3) is 5.91 Å². The first-order valence-electron chi connectivity index (χ1n) is 10.9. The van der Waals surface area contributed by atoms with Crippen LogP contribution in [0.1, 0.15) is 46.1 Å². The van der Waals surface area contributed by atoms with Gasteiger partial charge in [0, 0.05) is 30.9 Å². The van der Waals surface area contributed by atoms with Crippen LogP contribution in [0.25, 0.3) is 11.2 Å². The molecule has 9 heteroatoms. The number of methoxy groups -OCH3 is 1. The van der Waals surface area contributed by atoms with Gasteiger partial charge in [-0.25, -0.2) is 9.97 Å². The number of nitrogens with one attached hydrogen (secondary N) is 1. The average Bonchev–Trinajstić information content (AvgIpc) is 3.25. The number of amides is 1. The van der Waals surface area contributed by atoms with Crippen molar-refractivity contribution in [1.82, 2.24) is 33.9 Å². The first-order chi connectivity index (χ1) is 16.2. The van der Waals surface area contributed by atoms with Crippen LogP contribution in [0.4, 0.5) is 0 Å². The van der Waals surface area contributed by atoms with Crippen molar-refractivity contribution in [3.8, 4) is 5.75 Å². The number of hydrogen-bond acceptors (Lipinski definition) is 5. The molecule has 5 heterocycles. The molecule has 0 radical (unpaired) electrons. The van der Waals surface area contributed by atoms with E-state index in [1.54, 1.807) is 30.5 Å². The standard InChI is InChI=1S/C24H23N7O2/c1-33-20-6-7-29-15-26-21(22(29)8-20)10-25-24(32)18-9-27-31(12-18)14-19-13-30-11-17(16-2-3-16)4-5-23(30)28-19/h4-9,11-13,15-16H,2-3,10,14H2,1H3,(H,25,32). The van der Waals surface area contributed by atoms with Crippen LogP contribution < -0.4 is 10.1 Å². The summed E-state index contributed by atoms with van der Waals surface area (Å²) >= 11 is 0. The number of hydrogen-bond donors (Lipinski definition) is 1. The summed E-state index contributed by atoms with van der Waals surface area (Å²) in [5, 5.41) is 7.27. The second kappa shape index (κ2) is 7.77. The highest BCUT2D eigenvalue weighted by Crippen LogP contribution is 2.39. The summed E-state index contributed by atoms with van der Waals surface area (Å²) in [6, 6.07) is 7.99. The molecule has 1 saturated carbocycles. The maximum atomic E-state index is 12.7. The molecule has 5 aromatic heterocycles. The van der Waals surface area contributed by atoms with Crippen molar-refractivity contribution in [1.29, 1.82) is 0 Å². The molecule has 166 valence electrons. The summed E-state index contributed by atoms with van der Waals surface area (Å²) in [5.74, 6) is 1.25. The van der Waals surface area contributed by atoms with Crippen LogP contribution in [-0.4, -0.2) is 41.6 Å². The van der Waals surface area contributed by atoms with E-state index in [0.717, 1.165) is 28.3 Å². The minimum Gasteiger partial charge on any atom is -0.497 e. The number of carbonyl (C=O) groups excluding carboxylic acids is 1. The average molecular weight is 441 g/mol. The highest BCUT2D eigenvalue weighted by Gasteiger charge is 2.23. The first kappa shape index (κ1) is 19.5. The Balaban J connectivity index is 1.13. The van der Waals surface area contributed by atoms with E-state index in [4.69, 9.17) is 4.74 Å². The molecule has 1 amide bonds. The number of pyridine rings is 2. The van der Waals surface area contributed by atoms with Crippen LogP contribution in [0.15, 0.2) is 61.6 Å². The molecule has 1 aliphatic rings. The predicted molar refractivity (Wildman–Crippen MR) is 121 cm³/mol. The maximum Gasteiger partial charge on any atom is 0.254 e. The summed E-state index contributed by atoms with van der Waals surface area (Å²) in [4.78, 5) is 21.7. The lowest BCUT2D eigenvalue weighted by molar-refractivity contribution is 0.0950. The van der Waals surface area contributed by atoms with Gasteiger partial charge in [0.1, 0.15) is 11.4 Å². The smallest absolute Gasteiger partial charge is 0.254 e. The lowest BCUT2D eigenvalue weighted by atomic mass is 10.2. The van der Waals surface area contributed by atoms with Crippen molar-refractivity contribution in [3.05, 3.63) is 84.1 Å². The molecule has 0 aliphatic heterocycles. The molecule has 1 aliphatic carbocycles. The lowest BCUT2D eigenvalue weighted by Crippen LogP contribution is -2.22. The summed E-state index contributed by atoms with van der Waals surface area (Å²) in [5.41, 5.74) is 5.34. The molecule has 1 fully saturated rings. The normalized spacial score (nSPS) is 13.6.